The van der Waals surface area contributed by atoms with Gasteiger partial charge in [-0.05, 0) is 18.2 Å². The maximum Gasteiger partial charge on any atom is 0.298 e. The van der Waals surface area contributed by atoms with Crippen LogP contribution >= 0.6 is 0 Å². The average molecular weight is 220 g/mol. The lowest BCUT2D eigenvalue weighted by Crippen LogP contribution is -2.43. The third kappa shape index (κ3) is 1.50. The molecule has 6 heteroatoms. The monoisotopic (exact) mass is 220 g/mol. The molecular weight excluding hydrogens is 212 g/mol. The standard InChI is InChI=1S/C10H8N2O4/c11-6-1-2-8-7(3-6)12(9(14)4-13)10(15)5-16-8/h1-4H,5,11H2. The molecule has 1 aromatic carbocycles. The van der Waals surface area contributed by atoms with E-state index < -0.39 is 11.8 Å². The number of benzene rings is 1. The number of anilines is 2. The summed E-state index contributed by atoms with van der Waals surface area (Å²) in [6.45, 7) is -0.267. The Bertz CT molecular complexity index is 484. The minimum atomic E-state index is -0.930. The molecule has 0 aliphatic carbocycles. The van der Waals surface area contributed by atoms with Crippen LogP contribution in [-0.2, 0) is 14.4 Å². The van der Waals surface area contributed by atoms with Gasteiger partial charge in [0.15, 0.2) is 6.61 Å². The first kappa shape index (κ1) is 10.2. The first-order chi connectivity index (χ1) is 7.63. The van der Waals surface area contributed by atoms with Crippen molar-refractivity contribution in [2.24, 2.45) is 0 Å². The number of nitrogens with zero attached hydrogens (tertiary/aromatic N) is 1. The van der Waals surface area contributed by atoms with Gasteiger partial charge in [0, 0.05) is 5.69 Å². The van der Waals surface area contributed by atoms with Gasteiger partial charge in [0.2, 0.25) is 6.29 Å². The van der Waals surface area contributed by atoms with E-state index in [1.54, 1.807) is 12.1 Å². The van der Waals surface area contributed by atoms with E-state index in [2.05, 4.69) is 0 Å². The largest absolute Gasteiger partial charge is 0.482 e. The van der Waals surface area contributed by atoms with Crippen molar-refractivity contribution < 1.29 is 19.1 Å². The van der Waals surface area contributed by atoms with Gasteiger partial charge < -0.3 is 10.5 Å². The zero-order chi connectivity index (χ0) is 11.7. The van der Waals surface area contributed by atoms with E-state index >= 15 is 0 Å². The van der Waals surface area contributed by atoms with E-state index in [1.807, 2.05) is 0 Å². The Labute approximate surface area is 90.6 Å². The molecule has 1 aromatic rings. The molecule has 6 nitrogen and oxygen atoms in total. The number of carbonyl (C=O) groups excluding carboxylic acids is 3. The van der Waals surface area contributed by atoms with E-state index in [1.165, 1.54) is 6.07 Å². The van der Waals surface area contributed by atoms with E-state index in [4.69, 9.17) is 10.5 Å². The van der Waals surface area contributed by atoms with Crippen molar-refractivity contribution in [3.63, 3.8) is 0 Å². The second kappa shape index (κ2) is 3.65. The number of hydrogen-bond acceptors (Lipinski definition) is 5. The summed E-state index contributed by atoms with van der Waals surface area (Å²) in [5, 5.41) is 0. The molecule has 0 saturated heterocycles. The molecule has 0 bridgehead atoms. The minimum absolute atomic E-state index is 0.0796. The lowest BCUT2D eigenvalue weighted by atomic mass is 10.2. The molecule has 0 radical (unpaired) electrons. The number of hydrogen-bond donors (Lipinski definition) is 1. The highest BCUT2D eigenvalue weighted by atomic mass is 16.5. The number of imide groups is 1. The molecule has 1 aliphatic heterocycles. The number of aldehydes is 1. The Kier molecular flexibility index (Phi) is 2.32. The van der Waals surface area contributed by atoms with Crippen molar-refractivity contribution in [3.05, 3.63) is 18.2 Å². The van der Waals surface area contributed by atoms with E-state index in [0.29, 0.717) is 11.4 Å². The Hall–Kier alpha value is -2.37. The number of nitrogen functional groups attached to an aromatic ring is 1. The number of amides is 2. The zero-order valence-electron chi connectivity index (χ0n) is 8.17. The first-order valence-corrected chi connectivity index (χ1v) is 4.48. The summed E-state index contributed by atoms with van der Waals surface area (Å²) < 4.78 is 5.10. The van der Waals surface area contributed by atoms with Gasteiger partial charge in [-0.25, -0.2) is 4.90 Å². The summed E-state index contributed by atoms with van der Waals surface area (Å²) in [5.74, 6) is -1.17. The van der Waals surface area contributed by atoms with Crippen molar-refractivity contribution in [2.75, 3.05) is 17.2 Å². The van der Waals surface area contributed by atoms with Crippen LogP contribution in [-0.4, -0.2) is 24.7 Å². The van der Waals surface area contributed by atoms with Crippen LogP contribution in [0.3, 0.4) is 0 Å². The smallest absolute Gasteiger partial charge is 0.298 e. The lowest BCUT2D eigenvalue weighted by molar-refractivity contribution is -0.134. The van der Waals surface area contributed by atoms with Crippen molar-refractivity contribution >= 4 is 29.5 Å². The normalized spacial score (nSPS) is 14.0. The van der Waals surface area contributed by atoms with Gasteiger partial charge in [-0.2, -0.15) is 0 Å². The Morgan fingerprint density at radius 2 is 2.25 bits per heavy atom. The van der Waals surface area contributed by atoms with Crippen LogP contribution in [0, 0.1) is 0 Å². The molecular formula is C10H8N2O4. The fraction of sp³-hybridized carbons (Fsp3) is 0.100. The van der Waals surface area contributed by atoms with Gasteiger partial charge in [0.1, 0.15) is 5.75 Å². The maximum absolute atomic E-state index is 11.4. The summed E-state index contributed by atoms with van der Waals surface area (Å²) in [6, 6.07) is 4.54. The predicted molar refractivity (Wildman–Crippen MR) is 54.9 cm³/mol. The van der Waals surface area contributed by atoms with Crippen LogP contribution in [0.25, 0.3) is 0 Å². The van der Waals surface area contributed by atoms with Crippen molar-refractivity contribution in [3.8, 4) is 5.75 Å². The summed E-state index contributed by atoms with van der Waals surface area (Å²) in [5.41, 5.74) is 6.12. The van der Waals surface area contributed by atoms with Gasteiger partial charge in [0.05, 0.1) is 5.69 Å². The molecule has 0 aromatic heterocycles. The first-order valence-electron chi connectivity index (χ1n) is 4.48. The molecule has 0 saturated carbocycles. The predicted octanol–water partition coefficient (Wildman–Crippen LogP) is -0.280. The molecule has 1 heterocycles. The third-order valence-corrected chi connectivity index (χ3v) is 2.15. The Morgan fingerprint density at radius 1 is 1.50 bits per heavy atom. The second-order valence-electron chi connectivity index (χ2n) is 3.20. The van der Waals surface area contributed by atoms with Gasteiger partial charge in [-0.3, -0.25) is 14.4 Å². The van der Waals surface area contributed by atoms with Crippen molar-refractivity contribution in [1.82, 2.24) is 0 Å². The van der Waals surface area contributed by atoms with Crippen molar-refractivity contribution in [1.29, 1.82) is 0 Å². The van der Waals surface area contributed by atoms with Crippen molar-refractivity contribution in [2.45, 2.75) is 0 Å². The molecule has 16 heavy (non-hydrogen) atoms. The van der Waals surface area contributed by atoms with Gasteiger partial charge in [-0.15, -0.1) is 0 Å². The van der Waals surface area contributed by atoms with Gasteiger partial charge in [0.25, 0.3) is 11.8 Å². The molecule has 0 spiro atoms. The number of rotatable bonds is 1. The van der Waals surface area contributed by atoms with E-state index in [9.17, 15) is 14.4 Å². The zero-order valence-corrected chi connectivity index (χ0v) is 8.17. The SMILES string of the molecule is Nc1ccc2c(c1)N(C(=O)C=O)C(=O)CO2. The summed E-state index contributed by atoms with van der Waals surface area (Å²) in [4.78, 5) is 33.9. The average Bonchev–Trinajstić information content (AvgIpc) is 2.28. The van der Waals surface area contributed by atoms with Gasteiger partial charge >= 0.3 is 0 Å². The van der Waals surface area contributed by atoms with Gasteiger partial charge in [-0.1, -0.05) is 0 Å². The summed E-state index contributed by atoms with van der Waals surface area (Å²) in [6.07, 6.45) is 0.0796. The van der Waals surface area contributed by atoms with E-state index in [0.717, 1.165) is 4.90 Å². The van der Waals surface area contributed by atoms with Crippen LogP contribution in [0.15, 0.2) is 18.2 Å². The Morgan fingerprint density at radius 3 is 2.94 bits per heavy atom. The molecule has 0 atom stereocenters. The topological polar surface area (TPSA) is 89.7 Å². The molecule has 1 aliphatic rings. The number of fused-ring (bicyclic) bond motifs is 1. The second-order valence-corrected chi connectivity index (χ2v) is 3.20. The number of ether oxygens (including phenoxy) is 1. The third-order valence-electron chi connectivity index (χ3n) is 2.15. The summed E-state index contributed by atoms with van der Waals surface area (Å²) in [7, 11) is 0. The highest BCUT2D eigenvalue weighted by Crippen LogP contribution is 2.33. The quantitative estimate of drug-likeness (QED) is 0.399. The molecule has 0 fully saturated rings. The van der Waals surface area contributed by atoms with Crippen LogP contribution in [0.4, 0.5) is 11.4 Å². The summed E-state index contributed by atoms with van der Waals surface area (Å²) >= 11 is 0. The highest BCUT2D eigenvalue weighted by molar-refractivity contribution is 6.38. The molecule has 0 unspecified atom stereocenters. The molecule has 2 rings (SSSR count). The minimum Gasteiger partial charge on any atom is -0.482 e. The molecule has 2 N–H and O–H groups in total. The fourth-order valence-electron chi connectivity index (χ4n) is 1.46. The maximum atomic E-state index is 11.4. The Balaban J connectivity index is 2.54. The highest BCUT2D eigenvalue weighted by Gasteiger charge is 2.30. The van der Waals surface area contributed by atoms with E-state index in [-0.39, 0.29) is 18.6 Å². The number of nitrogens with two attached hydrogens (primary N) is 1. The fourth-order valence-corrected chi connectivity index (χ4v) is 1.46. The number of carbonyl (C=O) groups is 3. The lowest BCUT2D eigenvalue weighted by Gasteiger charge is -2.26. The molecule has 82 valence electrons. The van der Waals surface area contributed by atoms with Crippen LogP contribution in [0.5, 0.6) is 5.75 Å². The van der Waals surface area contributed by atoms with Crippen LogP contribution in [0.2, 0.25) is 0 Å². The molecule has 2 amide bonds. The van der Waals surface area contributed by atoms with Crippen LogP contribution in [0.1, 0.15) is 0 Å². The van der Waals surface area contributed by atoms with Crippen LogP contribution < -0.4 is 15.4 Å².